The fourth-order valence-electron chi connectivity index (χ4n) is 2.87. The molecule has 8 nitrogen and oxygen atoms in total. The second-order valence-corrected chi connectivity index (χ2v) is 6.34. The van der Waals surface area contributed by atoms with Crippen LogP contribution < -0.4 is 10.6 Å². The van der Waals surface area contributed by atoms with Crippen LogP contribution in [0.2, 0.25) is 0 Å². The largest absolute Gasteiger partial charge is 0.325 e. The monoisotopic (exact) mass is 380 g/mol. The first kappa shape index (κ1) is 19.1. The van der Waals surface area contributed by atoms with Gasteiger partial charge in [0.05, 0.1) is 16.3 Å². The number of rotatable bonds is 5. The number of anilines is 2. The Morgan fingerprint density at radius 2 is 1.57 bits per heavy atom. The quantitative estimate of drug-likeness (QED) is 0.467. The summed E-state index contributed by atoms with van der Waals surface area (Å²) < 4.78 is 0. The Bertz CT molecular complexity index is 903. The van der Waals surface area contributed by atoms with E-state index in [9.17, 15) is 19.7 Å². The van der Waals surface area contributed by atoms with Crippen molar-refractivity contribution < 1.29 is 14.5 Å². The van der Waals surface area contributed by atoms with Crippen LogP contribution in [-0.4, -0.2) is 34.9 Å². The Balaban J connectivity index is 1.63. The van der Waals surface area contributed by atoms with Crippen molar-refractivity contribution in [3.63, 3.8) is 0 Å². The molecule has 1 fully saturated rings. The molecule has 0 spiro atoms. The number of carbonyl (C=O) groups excluding carboxylic acids is 2. The van der Waals surface area contributed by atoms with Crippen molar-refractivity contribution in [3.05, 3.63) is 70.3 Å². The third-order valence-electron chi connectivity index (χ3n) is 4.35. The van der Waals surface area contributed by atoms with Crippen LogP contribution in [0.5, 0.6) is 0 Å². The van der Waals surface area contributed by atoms with E-state index in [0.717, 1.165) is 25.9 Å². The van der Waals surface area contributed by atoms with Gasteiger partial charge in [0.2, 0.25) is 5.91 Å². The molecular weight excluding hydrogens is 360 g/mol. The second kappa shape index (κ2) is 8.81. The lowest BCUT2D eigenvalue weighted by atomic mass is 10.2. The summed E-state index contributed by atoms with van der Waals surface area (Å²) in [5.74, 6) is -0.374. The summed E-state index contributed by atoms with van der Waals surface area (Å²) in [4.78, 5) is 36.4. The zero-order valence-corrected chi connectivity index (χ0v) is 15.1. The van der Waals surface area contributed by atoms with Gasteiger partial charge in [-0.05, 0) is 48.7 Å². The van der Waals surface area contributed by atoms with Gasteiger partial charge in [-0.3, -0.25) is 14.9 Å². The van der Waals surface area contributed by atoms with Crippen molar-refractivity contribution in [2.24, 2.45) is 0 Å². The van der Waals surface area contributed by atoms with Crippen LogP contribution in [0.15, 0.2) is 54.6 Å². The van der Waals surface area contributed by atoms with Crippen molar-refractivity contribution in [2.75, 3.05) is 23.7 Å². The predicted octanol–water partition coefficient (Wildman–Crippen LogP) is 3.87. The van der Waals surface area contributed by atoms with Gasteiger partial charge in [0.25, 0.3) is 5.69 Å². The third-order valence-corrected chi connectivity index (χ3v) is 4.35. The number of hydrogen-bond acceptors (Lipinski definition) is 4. The Kier molecular flexibility index (Phi) is 6.01. The van der Waals surface area contributed by atoms with Crippen LogP contribution in [-0.2, 0) is 4.79 Å². The summed E-state index contributed by atoms with van der Waals surface area (Å²) in [5.41, 5.74) is 1.67. The van der Waals surface area contributed by atoms with Crippen molar-refractivity contribution in [3.8, 4) is 0 Å². The number of amides is 3. The second-order valence-electron chi connectivity index (χ2n) is 6.34. The normalized spacial score (nSPS) is 13.5. The summed E-state index contributed by atoms with van der Waals surface area (Å²) in [7, 11) is 0. The van der Waals surface area contributed by atoms with Crippen LogP contribution in [0.25, 0.3) is 6.08 Å². The van der Waals surface area contributed by atoms with Crippen LogP contribution in [0.4, 0.5) is 21.9 Å². The molecule has 0 atom stereocenters. The first-order valence-corrected chi connectivity index (χ1v) is 8.91. The predicted molar refractivity (Wildman–Crippen MR) is 107 cm³/mol. The van der Waals surface area contributed by atoms with E-state index >= 15 is 0 Å². The molecule has 8 heteroatoms. The minimum atomic E-state index is -0.479. The highest BCUT2D eigenvalue weighted by atomic mass is 16.6. The van der Waals surface area contributed by atoms with Crippen LogP contribution >= 0.6 is 0 Å². The Morgan fingerprint density at radius 1 is 0.964 bits per heavy atom. The number of likely N-dealkylation sites (tertiary alicyclic amines) is 1. The van der Waals surface area contributed by atoms with Crippen LogP contribution in [0, 0.1) is 10.1 Å². The molecule has 3 amide bonds. The molecule has 0 aliphatic carbocycles. The van der Waals surface area contributed by atoms with E-state index < -0.39 is 4.92 Å². The summed E-state index contributed by atoms with van der Waals surface area (Å²) >= 11 is 0. The molecule has 0 aromatic heterocycles. The van der Waals surface area contributed by atoms with E-state index in [2.05, 4.69) is 10.6 Å². The summed E-state index contributed by atoms with van der Waals surface area (Å²) in [5, 5.41) is 16.2. The molecule has 1 aliphatic rings. The van der Waals surface area contributed by atoms with Crippen LogP contribution in [0.3, 0.4) is 0 Å². The number of nitro groups is 1. The summed E-state index contributed by atoms with van der Waals surface area (Å²) in [6, 6.07) is 12.7. The molecule has 144 valence electrons. The lowest BCUT2D eigenvalue weighted by molar-refractivity contribution is -0.384. The molecule has 1 aliphatic heterocycles. The van der Waals surface area contributed by atoms with Gasteiger partial charge in [0.1, 0.15) is 0 Å². The Morgan fingerprint density at radius 3 is 2.18 bits per heavy atom. The molecular formula is C20H20N4O4. The minimum absolute atomic E-state index is 0.00993. The van der Waals surface area contributed by atoms with Gasteiger partial charge in [-0.15, -0.1) is 0 Å². The fourth-order valence-corrected chi connectivity index (χ4v) is 2.87. The van der Waals surface area contributed by atoms with E-state index in [-0.39, 0.29) is 17.6 Å². The Hall–Kier alpha value is -3.68. The molecule has 2 aromatic carbocycles. The van der Waals surface area contributed by atoms with Gasteiger partial charge >= 0.3 is 6.03 Å². The van der Waals surface area contributed by atoms with E-state index in [1.807, 2.05) is 0 Å². The number of para-hydroxylation sites is 2. The maximum atomic E-state index is 12.3. The number of hydrogen-bond donors (Lipinski definition) is 2. The maximum Gasteiger partial charge on any atom is 0.321 e. The standard InChI is InChI=1S/C20H20N4O4/c25-19(12-9-15-7-10-16(11-8-15)24(27)28)21-17-5-1-2-6-18(17)22-20(26)23-13-3-4-14-23/h1-2,5-12H,3-4,13-14H2,(H,21,25)(H,22,26)/b12-9+. The highest BCUT2D eigenvalue weighted by molar-refractivity contribution is 6.05. The number of nitrogens with one attached hydrogen (secondary N) is 2. The van der Waals surface area contributed by atoms with Gasteiger partial charge < -0.3 is 15.5 Å². The average molecular weight is 380 g/mol. The molecule has 0 radical (unpaired) electrons. The molecule has 2 aromatic rings. The average Bonchev–Trinajstić information content (AvgIpc) is 3.23. The zero-order valence-electron chi connectivity index (χ0n) is 15.1. The topological polar surface area (TPSA) is 105 Å². The molecule has 1 saturated heterocycles. The van der Waals surface area contributed by atoms with E-state index in [4.69, 9.17) is 0 Å². The molecule has 3 rings (SSSR count). The SMILES string of the molecule is O=C(/C=C/c1ccc([N+](=O)[O-])cc1)Nc1ccccc1NC(=O)N1CCCC1. The van der Waals surface area contributed by atoms with E-state index in [1.165, 1.54) is 18.2 Å². The third kappa shape index (κ3) is 4.94. The van der Waals surface area contributed by atoms with Gasteiger partial charge in [0.15, 0.2) is 0 Å². The highest BCUT2D eigenvalue weighted by Gasteiger charge is 2.18. The lowest BCUT2D eigenvalue weighted by Gasteiger charge is -2.18. The molecule has 28 heavy (non-hydrogen) atoms. The smallest absolute Gasteiger partial charge is 0.321 e. The van der Waals surface area contributed by atoms with Crippen molar-refractivity contribution in [1.82, 2.24) is 4.90 Å². The summed E-state index contributed by atoms with van der Waals surface area (Å²) in [6.45, 7) is 1.47. The Labute approximate surface area is 162 Å². The molecule has 0 bridgehead atoms. The van der Waals surface area contributed by atoms with Gasteiger partial charge in [-0.1, -0.05) is 12.1 Å². The number of benzene rings is 2. The maximum absolute atomic E-state index is 12.3. The highest BCUT2D eigenvalue weighted by Crippen LogP contribution is 2.22. The number of nitrogens with zero attached hydrogens (tertiary/aromatic N) is 2. The van der Waals surface area contributed by atoms with Gasteiger partial charge in [0, 0.05) is 31.3 Å². The van der Waals surface area contributed by atoms with Crippen molar-refractivity contribution >= 4 is 35.1 Å². The van der Waals surface area contributed by atoms with E-state index in [0.29, 0.717) is 16.9 Å². The first-order chi connectivity index (χ1) is 13.5. The number of non-ortho nitro benzene ring substituents is 1. The van der Waals surface area contributed by atoms with Gasteiger partial charge in [-0.2, -0.15) is 0 Å². The number of carbonyl (C=O) groups is 2. The number of urea groups is 1. The molecule has 1 heterocycles. The van der Waals surface area contributed by atoms with Gasteiger partial charge in [-0.25, -0.2) is 4.79 Å². The molecule has 0 saturated carbocycles. The number of nitro benzene ring substituents is 1. The lowest BCUT2D eigenvalue weighted by Crippen LogP contribution is -2.32. The molecule has 2 N–H and O–H groups in total. The van der Waals surface area contributed by atoms with Crippen molar-refractivity contribution in [2.45, 2.75) is 12.8 Å². The van der Waals surface area contributed by atoms with Crippen LogP contribution in [0.1, 0.15) is 18.4 Å². The fraction of sp³-hybridized carbons (Fsp3) is 0.200. The zero-order chi connectivity index (χ0) is 19.9. The minimum Gasteiger partial charge on any atom is -0.325 e. The molecule has 0 unspecified atom stereocenters. The van der Waals surface area contributed by atoms with Crippen molar-refractivity contribution in [1.29, 1.82) is 0 Å². The first-order valence-electron chi connectivity index (χ1n) is 8.91. The summed E-state index contributed by atoms with van der Waals surface area (Å²) in [6.07, 6.45) is 4.89. The van der Waals surface area contributed by atoms with E-state index in [1.54, 1.807) is 47.4 Å².